The molecule has 0 saturated carbocycles. The molecule has 0 aromatic heterocycles. The molecule has 1 N–H and O–H groups in total. The molecule has 0 bridgehead atoms. The van der Waals surface area contributed by atoms with Crippen LogP contribution in [0.2, 0.25) is 0 Å². The van der Waals surface area contributed by atoms with E-state index in [-0.39, 0.29) is 16.9 Å². The summed E-state index contributed by atoms with van der Waals surface area (Å²) in [7, 11) is 0. The number of nitrogens with zero attached hydrogens (tertiary/aromatic N) is 1. The first-order valence-electron chi connectivity index (χ1n) is 5.09. The molecular weight excluding hydrogens is 218 g/mol. The fourth-order valence-electron chi connectivity index (χ4n) is 1.38. The zero-order chi connectivity index (χ0) is 13.2. The van der Waals surface area contributed by atoms with Gasteiger partial charge in [0.1, 0.15) is 5.60 Å². The van der Waals surface area contributed by atoms with Crippen LogP contribution in [0.25, 0.3) is 0 Å². The maximum atomic E-state index is 11.8. The van der Waals surface area contributed by atoms with Gasteiger partial charge in [-0.15, -0.1) is 0 Å². The van der Waals surface area contributed by atoms with Gasteiger partial charge in [0.15, 0.2) is 11.6 Å². The summed E-state index contributed by atoms with van der Waals surface area (Å²) in [5, 5.41) is 18.6. The molecule has 0 fully saturated rings. The summed E-state index contributed by atoms with van der Waals surface area (Å²) in [6.07, 6.45) is 0. The van der Waals surface area contributed by atoms with Gasteiger partial charge in [-0.3, -0.25) is 9.59 Å². The predicted molar refractivity (Wildman–Crippen MR) is 61.8 cm³/mol. The van der Waals surface area contributed by atoms with Gasteiger partial charge in [0.2, 0.25) is 0 Å². The van der Waals surface area contributed by atoms with Crippen molar-refractivity contribution in [1.29, 1.82) is 5.26 Å². The Hall–Kier alpha value is -1.99. The van der Waals surface area contributed by atoms with Crippen molar-refractivity contribution >= 4 is 11.6 Å². The third-order valence-electron chi connectivity index (χ3n) is 2.35. The molecular formula is C13H13NO3. The molecule has 4 nitrogen and oxygen atoms in total. The predicted octanol–water partition coefficient (Wildman–Crippen LogP) is 1.71. The zero-order valence-corrected chi connectivity index (χ0v) is 9.94. The van der Waals surface area contributed by atoms with Gasteiger partial charge in [-0.05, 0) is 32.9 Å². The van der Waals surface area contributed by atoms with Gasteiger partial charge in [0.05, 0.1) is 11.6 Å². The average Bonchev–Trinajstić information content (AvgIpc) is 2.25. The number of nitriles is 1. The molecule has 0 aliphatic heterocycles. The first kappa shape index (κ1) is 13.1. The SMILES string of the molecule is CC(=O)c1ccc(C(=O)C(C)(C)O)c(C#N)c1. The largest absolute Gasteiger partial charge is 0.382 e. The van der Waals surface area contributed by atoms with Gasteiger partial charge in [-0.25, -0.2) is 0 Å². The Labute approximate surface area is 99.5 Å². The Morgan fingerprint density at radius 1 is 1.35 bits per heavy atom. The van der Waals surface area contributed by atoms with Crippen LogP contribution in [0.4, 0.5) is 0 Å². The van der Waals surface area contributed by atoms with Gasteiger partial charge < -0.3 is 5.11 Å². The molecule has 17 heavy (non-hydrogen) atoms. The van der Waals surface area contributed by atoms with E-state index in [9.17, 15) is 14.7 Å². The van der Waals surface area contributed by atoms with Crippen LogP contribution in [0, 0.1) is 11.3 Å². The summed E-state index contributed by atoms with van der Waals surface area (Å²) in [5.74, 6) is -0.715. The molecule has 0 aliphatic carbocycles. The summed E-state index contributed by atoms with van der Waals surface area (Å²) in [5.41, 5.74) is -0.938. The van der Waals surface area contributed by atoms with Crippen molar-refractivity contribution < 1.29 is 14.7 Å². The topological polar surface area (TPSA) is 78.2 Å². The second-order valence-corrected chi connectivity index (χ2v) is 4.32. The van der Waals surface area contributed by atoms with Crippen LogP contribution in [0.3, 0.4) is 0 Å². The van der Waals surface area contributed by atoms with Crippen molar-refractivity contribution in [1.82, 2.24) is 0 Å². The fraction of sp³-hybridized carbons (Fsp3) is 0.308. The highest BCUT2D eigenvalue weighted by Gasteiger charge is 2.27. The molecule has 0 unspecified atom stereocenters. The fourth-order valence-corrected chi connectivity index (χ4v) is 1.38. The third kappa shape index (κ3) is 2.77. The molecule has 0 saturated heterocycles. The third-order valence-corrected chi connectivity index (χ3v) is 2.35. The second kappa shape index (κ2) is 4.48. The maximum absolute atomic E-state index is 11.8. The Morgan fingerprint density at radius 2 is 1.94 bits per heavy atom. The van der Waals surface area contributed by atoms with Crippen molar-refractivity contribution in [3.63, 3.8) is 0 Å². The molecule has 0 spiro atoms. The van der Waals surface area contributed by atoms with E-state index in [2.05, 4.69) is 0 Å². The zero-order valence-electron chi connectivity index (χ0n) is 9.94. The number of Topliss-reactive ketones (excluding diaryl/α,β-unsaturated/α-hetero) is 2. The van der Waals surface area contributed by atoms with Gasteiger partial charge in [-0.1, -0.05) is 6.07 Å². The highest BCUT2D eigenvalue weighted by Crippen LogP contribution is 2.18. The second-order valence-electron chi connectivity index (χ2n) is 4.32. The summed E-state index contributed by atoms with van der Waals surface area (Å²) in [4.78, 5) is 23.0. The molecule has 0 atom stereocenters. The molecule has 1 aromatic carbocycles. The molecule has 0 amide bonds. The van der Waals surface area contributed by atoms with Gasteiger partial charge in [0, 0.05) is 11.1 Å². The lowest BCUT2D eigenvalue weighted by Crippen LogP contribution is -2.31. The number of rotatable bonds is 3. The standard InChI is InChI=1S/C13H13NO3/c1-8(15)9-4-5-11(10(6-9)7-14)12(16)13(2,3)17/h4-6,17H,1-3H3. The number of hydrogen-bond donors (Lipinski definition) is 1. The Balaban J connectivity index is 3.34. The molecule has 0 radical (unpaired) electrons. The van der Waals surface area contributed by atoms with Crippen molar-refractivity contribution in [3.05, 3.63) is 34.9 Å². The van der Waals surface area contributed by atoms with Crippen LogP contribution in [0.1, 0.15) is 47.1 Å². The number of hydrogen-bond acceptors (Lipinski definition) is 4. The van der Waals surface area contributed by atoms with E-state index < -0.39 is 11.4 Å². The lowest BCUT2D eigenvalue weighted by atomic mass is 9.92. The van der Waals surface area contributed by atoms with E-state index in [0.717, 1.165) is 0 Å². The Bertz CT molecular complexity index is 518. The van der Waals surface area contributed by atoms with E-state index >= 15 is 0 Å². The normalized spacial score (nSPS) is 10.8. The first-order chi connectivity index (χ1) is 7.77. The molecule has 0 heterocycles. The molecule has 1 rings (SSSR count). The Morgan fingerprint density at radius 3 is 2.35 bits per heavy atom. The summed E-state index contributed by atoms with van der Waals surface area (Å²) in [6.45, 7) is 4.10. The van der Waals surface area contributed by atoms with E-state index in [4.69, 9.17) is 5.26 Å². The van der Waals surface area contributed by atoms with Crippen molar-refractivity contribution in [2.75, 3.05) is 0 Å². The van der Waals surface area contributed by atoms with E-state index in [0.29, 0.717) is 5.56 Å². The quantitative estimate of drug-likeness (QED) is 0.803. The number of carbonyl (C=O) groups is 2. The van der Waals surface area contributed by atoms with Gasteiger partial charge >= 0.3 is 0 Å². The minimum atomic E-state index is -1.54. The van der Waals surface area contributed by atoms with Crippen LogP contribution in [0.5, 0.6) is 0 Å². The summed E-state index contributed by atoms with van der Waals surface area (Å²) in [6, 6.07) is 6.09. The number of aliphatic hydroxyl groups is 1. The molecule has 0 aliphatic rings. The lowest BCUT2D eigenvalue weighted by molar-refractivity contribution is 0.0487. The van der Waals surface area contributed by atoms with E-state index in [1.807, 2.05) is 6.07 Å². The van der Waals surface area contributed by atoms with E-state index in [1.165, 1.54) is 39.0 Å². The summed E-state index contributed by atoms with van der Waals surface area (Å²) < 4.78 is 0. The monoisotopic (exact) mass is 231 g/mol. The minimum Gasteiger partial charge on any atom is -0.382 e. The van der Waals surface area contributed by atoms with Crippen LogP contribution in [-0.2, 0) is 0 Å². The average molecular weight is 231 g/mol. The van der Waals surface area contributed by atoms with Gasteiger partial charge in [0.25, 0.3) is 0 Å². The van der Waals surface area contributed by atoms with Crippen LogP contribution >= 0.6 is 0 Å². The van der Waals surface area contributed by atoms with Crippen molar-refractivity contribution in [2.45, 2.75) is 26.4 Å². The van der Waals surface area contributed by atoms with E-state index in [1.54, 1.807) is 0 Å². The molecule has 1 aromatic rings. The van der Waals surface area contributed by atoms with Crippen LogP contribution in [-0.4, -0.2) is 22.3 Å². The number of carbonyl (C=O) groups excluding carboxylic acids is 2. The molecule has 4 heteroatoms. The first-order valence-corrected chi connectivity index (χ1v) is 5.09. The highest BCUT2D eigenvalue weighted by molar-refractivity contribution is 6.04. The molecule has 88 valence electrons. The smallest absolute Gasteiger partial charge is 0.195 e. The Kier molecular flexibility index (Phi) is 3.45. The van der Waals surface area contributed by atoms with Crippen LogP contribution < -0.4 is 0 Å². The number of benzene rings is 1. The summed E-state index contributed by atoms with van der Waals surface area (Å²) >= 11 is 0. The van der Waals surface area contributed by atoms with Gasteiger partial charge in [-0.2, -0.15) is 5.26 Å². The maximum Gasteiger partial charge on any atom is 0.195 e. The number of ketones is 2. The minimum absolute atomic E-state index is 0.102. The van der Waals surface area contributed by atoms with Crippen molar-refractivity contribution in [3.8, 4) is 6.07 Å². The van der Waals surface area contributed by atoms with Crippen LogP contribution in [0.15, 0.2) is 18.2 Å². The lowest BCUT2D eigenvalue weighted by Gasteiger charge is -2.16. The highest BCUT2D eigenvalue weighted by atomic mass is 16.3. The van der Waals surface area contributed by atoms with Crippen molar-refractivity contribution in [2.24, 2.45) is 0 Å².